The van der Waals surface area contributed by atoms with Crippen LogP contribution in [0.25, 0.3) is 0 Å². The van der Waals surface area contributed by atoms with Gasteiger partial charge in [-0.3, -0.25) is 9.79 Å². The molecule has 5 heteroatoms. The number of benzene rings is 1. The average molecular weight is 309 g/mol. The molecular formula is C16H21ClN2O2. The first-order valence-corrected chi connectivity index (χ1v) is 7.72. The van der Waals surface area contributed by atoms with Crippen LogP contribution in [-0.4, -0.2) is 47.6 Å². The van der Waals surface area contributed by atoms with Gasteiger partial charge in [-0.25, -0.2) is 0 Å². The number of rotatable bonds is 7. The number of alkyl halides is 1. The molecular weight excluding hydrogens is 288 g/mol. The predicted octanol–water partition coefficient (Wildman–Crippen LogP) is 2.50. The second-order valence-electron chi connectivity index (χ2n) is 5.32. The molecule has 0 unspecified atom stereocenters. The molecule has 1 aromatic carbocycles. The molecule has 1 aliphatic rings. The summed E-state index contributed by atoms with van der Waals surface area (Å²) in [6, 6.07) is 9.93. The predicted molar refractivity (Wildman–Crippen MR) is 84.9 cm³/mol. The maximum absolute atomic E-state index is 12.1. The summed E-state index contributed by atoms with van der Waals surface area (Å²) in [6.45, 7) is 4.96. The van der Waals surface area contributed by atoms with E-state index in [0.717, 1.165) is 5.56 Å². The Morgan fingerprint density at radius 2 is 2.10 bits per heavy atom. The van der Waals surface area contributed by atoms with Crippen molar-refractivity contribution in [2.24, 2.45) is 4.99 Å². The van der Waals surface area contributed by atoms with E-state index in [2.05, 4.69) is 4.99 Å². The Morgan fingerprint density at radius 3 is 2.71 bits per heavy atom. The van der Waals surface area contributed by atoms with E-state index in [1.54, 1.807) is 4.90 Å². The molecule has 1 amide bonds. The molecule has 0 radical (unpaired) electrons. The highest BCUT2D eigenvalue weighted by molar-refractivity contribution is 6.18. The van der Waals surface area contributed by atoms with E-state index >= 15 is 0 Å². The molecule has 2 rings (SSSR count). The van der Waals surface area contributed by atoms with Gasteiger partial charge in [-0.1, -0.05) is 30.3 Å². The maximum Gasteiger partial charge on any atom is 0.254 e. The largest absolute Gasteiger partial charge is 0.361 e. The van der Waals surface area contributed by atoms with Gasteiger partial charge < -0.3 is 9.64 Å². The van der Waals surface area contributed by atoms with Crippen LogP contribution in [0.5, 0.6) is 0 Å². The number of ether oxygens (including phenoxy) is 1. The number of carbonyl (C=O) groups excluding carboxylic acids is 1. The Kier molecular flexibility index (Phi) is 5.76. The summed E-state index contributed by atoms with van der Waals surface area (Å²) >= 11 is 5.74. The number of nitrogens with zero attached hydrogens (tertiary/aromatic N) is 2. The number of hydrogen-bond donors (Lipinski definition) is 0. The average Bonchev–Trinajstić information content (AvgIpc) is 2.48. The van der Waals surface area contributed by atoms with Crippen LogP contribution in [-0.2, 0) is 16.1 Å². The van der Waals surface area contributed by atoms with Crippen LogP contribution in [0.4, 0.5) is 0 Å². The van der Waals surface area contributed by atoms with E-state index < -0.39 is 6.10 Å². The van der Waals surface area contributed by atoms with Gasteiger partial charge in [-0.2, -0.15) is 0 Å². The number of likely N-dealkylation sites (tertiary alicyclic amines) is 1. The molecule has 21 heavy (non-hydrogen) atoms. The first-order valence-electron chi connectivity index (χ1n) is 7.18. The van der Waals surface area contributed by atoms with Crippen molar-refractivity contribution in [3.05, 3.63) is 35.9 Å². The van der Waals surface area contributed by atoms with Crippen molar-refractivity contribution in [1.29, 1.82) is 0 Å². The van der Waals surface area contributed by atoms with Gasteiger partial charge in [0.2, 0.25) is 0 Å². The Balaban J connectivity index is 1.97. The standard InChI is InChI=1S/C16H21ClN2O2/c1-12(2)18-10-14-15(16(20)19(14)9-8-17)21-11-13-6-4-3-5-7-13/h3-7,10,12,14-15H,8-9,11H2,1-2H3/t14-,15+/m0/s1. The first kappa shape index (κ1) is 16.0. The SMILES string of the molecule is CC(C)N=C[C@H]1[C@@H](OCc2ccccc2)C(=O)N1CCCl. The third-order valence-corrected chi connectivity index (χ3v) is 3.50. The topological polar surface area (TPSA) is 41.9 Å². The van der Waals surface area contributed by atoms with Crippen molar-refractivity contribution in [1.82, 2.24) is 4.90 Å². The van der Waals surface area contributed by atoms with Crippen LogP contribution >= 0.6 is 11.6 Å². The molecule has 0 bridgehead atoms. The molecule has 1 aromatic rings. The van der Waals surface area contributed by atoms with E-state index in [1.807, 2.05) is 50.4 Å². The molecule has 1 heterocycles. The fourth-order valence-electron chi connectivity index (χ4n) is 2.24. The lowest BCUT2D eigenvalue weighted by atomic mass is 9.99. The van der Waals surface area contributed by atoms with Gasteiger partial charge in [0.15, 0.2) is 6.10 Å². The molecule has 0 N–H and O–H groups in total. The third kappa shape index (κ3) is 4.05. The molecule has 0 aromatic heterocycles. The van der Waals surface area contributed by atoms with Crippen LogP contribution in [0.1, 0.15) is 19.4 Å². The Hall–Kier alpha value is -1.39. The normalized spacial score (nSPS) is 22.1. The van der Waals surface area contributed by atoms with Crippen molar-refractivity contribution in [2.45, 2.75) is 38.6 Å². The Morgan fingerprint density at radius 1 is 1.38 bits per heavy atom. The monoisotopic (exact) mass is 308 g/mol. The summed E-state index contributed by atoms with van der Waals surface area (Å²) in [6.07, 6.45) is 1.37. The minimum atomic E-state index is -0.448. The van der Waals surface area contributed by atoms with Gasteiger partial charge in [0.1, 0.15) is 6.04 Å². The minimum absolute atomic E-state index is 0.00760. The lowest BCUT2D eigenvalue weighted by molar-refractivity contribution is -0.167. The molecule has 1 aliphatic heterocycles. The van der Waals surface area contributed by atoms with Crippen LogP contribution in [0.15, 0.2) is 35.3 Å². The van der Waals surface area contributed by atoms with Crippen LogP contribution in [0.3, 0.4) is 0 Å². The van der Waals surface area contributed by atoms with E-state index in [1.165, 1.54) is 0 Å². The van der Waals surface area contributed by atoms with Crippen LogP contribution in [0, 0.1) is 0 Å². The van der Waals surface area contributed by atoms with E-state index in [9.17, 15) is 4.79 Å². The number of carbonyl (C=O) groups is 1. The summed E-state index contributed by atoms with van der Waals surface area (Å²) in [5, 5.41) is 0. The molecule has 0 aliphatic carbocycles. The van der Waals surface area contributed by atoms with Gasteiger partial charge in [0.05, 0.1) is 6.61 Å². The highest BCUT2D eigenvalue weighted by Crippen LogP contribution is 2.23. The van der Waals surface area contributed by atoms with Gasteiger partial charge in [-0.05, 0) is 19.4 Å². The fraction of sp³-hybridized carbons (Fsp3) is 0.500. The van der Waals surface area contributed by atoms with E-state index in [-0.39, 0.29) is 18.0 Å². The zero-order chi connectivity index (χ0) is 15.2. The Labute approximate surface area is 130 Å². The molecule has 1 saturated heterocycles. The fourth-order valence-corrected chi connectivity index (χ4v) is 2.42. The molecule has 1 fully saturated rings. The Bertz CT molecular complexity index is 490. The third-order valence-electron chi connectivity index (χ3n) is 3.33. The lowest BCUT2D eigenvalue weighted by Gasteiger charge is -2.44. The van der Waals surface area contributed by atoms with Crippen molar-refractivity contribution in [2.75, 3.05) is 12.4 Å². The minimum Gasteiger partial charge on any atom is -0.361 e. The quantitative estimate of drug-likeness (QED) is 0.441. The highest BCUT2D eigenvalue weighted by atomic mass is 35.5. The molecule has 0 saturated carbocycles. The van der Waals surface area contributed by atoms with Crippen LogP contribution < -0.4 is 0 Å². The summed E-state index contributed by atoms with van der Waals surface area (Å²) in [7, 11) is 0. The van der Waals surface area contributed by atoms with E-state index in [4.69, 9.17) is 16.3 Å². The summed E-state index contributed by atoms with van der Waals surface area (Å²) in [5.74, 6) is 0.412. The van der Waals surface area contributed by atoms with Crippen molar-refractivity contribution in [3.63, 3.8) is 0 Å². The van der Waals surface area contributed by atoms with Crippen molar-refractivity contribution < 1.29 is 9.53 Å². The summed E-state index contributed by atoms with van der Waals surface area (Å²) < 4.78 is 5.77. The summed E-state index contributed by atoms with van der Waals surface area (Å²) in [4.78, 5) is 18.2. The summed E-state index contributed by atoms with van der Waals surface area (Å²) in [5.41, 5.74) is 1.06. The zero-order valence-corrected chi connectivity index (χ0v) is 13.2. The van der Waals surface area contributed by atoms with Gasteiger partial charge in [0, 0.05) is 24.7 Å². The van der Waals surface area contributed by atoms with Crippen LogP contribution in [0.2, 0.25) is 0 Å². The second-order valence-corrected chi connectivity index (χ2v) is 5.70. The number of hydrogen-bond acceptors (Lipinski definition) is 3. The molecule has 4 nitrogen and oxygen atoms in total. The van der Waals surface area contributed by atoms with Crippen molar-refractivity contribution >= 4 is 23.7 Å². The second kappa shape index (κ2) is 7.57. The van der Waals surface area contributed by atoms with Gasteiger partial charge >= 0.3 is 0 Å². The van der Waals surface area contributed by atoms with Crippen molar-refractivity contribution in [3.8, 4) is 0 Å². The maximum atomic E-state index is 12.1. The first-order chi connectivity index (χ1) is 10.1. The molecule has 2 atom stereocenters. The molecule has 114 valence electrons. The highest BCUT2D eigenvalue weighted by Gasteiger charge is 2.46. The number of halogens is 1. The zero-order valence-electron chi connectivity index (χ0n) is 12.4. The van der Waals surface area contributed by atoms with Gasteiger partial charge in [-0.15, -0.1) is 11.6 Å². The lowest BCUT2D eigenvalue weighted by Crippen LogP contribution is -2.66. The molecule has 0 spiro atoms. The van der Waals surface area contributed by atoms with E-state index in [0.29, 0.717) is 19.0 Å². The number of β-lactam (4-membered cyclic amide) rings is 1. The smallest absolute Gasteiger partial charge is 0.254 e. The number of amides is 1. The van der Waals surface area contributed by atoms with Gasteiger partial charge in [0.25, 0.3) is 5.91 Å². The number of aliphatic imine (C=N–C) groups is 1.